The second kappa shape index (κ2) is 15.8. The van der Waals surface area contributed by atoms with E-state index >= 15 is 0 Å². The number of carbonyl (C=O) groups excluding carboxylic acids is 2. The number of furan rings is 1. The summed E-state index contributed by atoms with van der Waals surface area (Å²) >= 11 is 12.2. The van der Waals surface area contributed by atoms with Crippen molar-refractivity contribution >= 4 is 51.3 Å². The van der Waals surface area contributed by atoms with Crippen LogP contribution >= 0.6 is 23.2 Å². The van der Waals surface area contributed by atoms with E-state index in [1.165, 1.54) is 17.6 Å². The van der Waals surface area contributed by atoms with Crippen molar-refractivity contribution < 1.29 is 31.9 Å². The molecule has 11 nitrogen and oxygen atoms in total. The lowest BCUT2D eigenvalue weighted by molar-refractivity contribution is -0.139. The SMILES string of the molecule is COc1ccc(CCNC(=O)C(=O)N/N=C/c2ccc(CN(Cc3ccc(Cl)c(Cl)c3)S(=O)(=O)c3ccc(C)cc3)o2)cc1OC. The van der Waals surface area contributed by atoms with E-state index in [0.717, 1.165) is 11.1 Å². The minimum Gasteiger partial charge on any atom is -0.493 e. The third-order valence-corrected chi connectivity index (χ3v) is 9.27. The number of sulfonamides is 1. The van der Waals surface area contributed by atoms with Crippen LogP contribution in [-0.4, -0.2) is 51.5 Å². The van der Waals surface area contributed by atoms with Crippen molar-refractivity contribution in [3.05, 3.63) is 111 Å². The van der Waals surface area contributed by atoms with E-state index in [1.54, 1.807) is 73.8 Å². The van der Waals surface area contributed by atoms with Crippen LogP contribution in [0.4, 0.5) is 0 Å². The largest absolute Gasteiger partial charge is 0.493 e. The first-order valence-electron chi connectivity index (χ1n) is 13.9. The van der Waals surface area contributed by atoms with Gasteiger partial charge in [-0.05, 0) is 73.0 Å². The molecule has 0 aliphatic carbocycles. The Kier molecular flexibility index (Phi) is 11.8. The van der Waals surface area contributed by atoms with E-state index in [9.17, 15) is 18.0 Å². The molecule has 0 unspecified atom stereocenters. The van der Waals surface area contributed by atoms with Gasteiger partial charge in [-0.3, -0.25) is 9.59 Å². The number of amides is 2. The van der Waals surface area contributed by atoms with E-state index in [0.29, 0.717) is 39.3 Å². The summed E-state index contributed by atoms with van der Waals surface area (Å²) in [5.41, 5.74) is 4.58. The molecular formula is C32H32Cl2N4O7S. The fourth-order valence-electron chi connectivity index (χ4n) is 4.29. The summed E-state index contributed by atoms with van der Waals surface area (Å²) in [5, 5.41) is 6.97. The van der Waals surface area contributed by atoms with Crippen LogP contribution in [0.25, 0.3) is 0 Å². The number of ether oxygens (including phenoxy) is 2. The number of aryl methyl sites for hydroxylation is 1. The number of hydrazone groups is 1. The highest BCUT2D eigenvalue weighted by atomic mass is 35.5. The molecule has 242 valence electrons. The van der Waals surface area contributed by atoms with E-state index < -0.39 is 21.8 Å². The van der Waals surface area contributed by atoms with Crippen LogP contribution in [0.1, 0.15) is 28.2 Å². The van der Waals surface area contributed by atoms with Gasteiger partial charge < -0.3 is 19.2 Å². The first-order valence-corrected chi connectivity index (χ1v) is 16.1. The van der Waals surface area contributed by atoms with Crippen molar-refractivity contribution in [2.75, 3.05) is 20.8 Å². The molecule has 0 saturated heterocycles. The molecule has 0 aliphatic heterocycles. The highest BCUT2D eigenvalue weighted by molar-refractivity contribution is 7.89. The summed E-state index contributed by atoms with van der Waals surface area (Å²) in [4.78, 5) is 24.5. The smallest absolute Gasteiger partial charge is 0.329 e. The standard InChI is InChI=1S/C32H32Cl2N4O7S/c1-21-4-10-26(11-5-21)46(41,42)38(19-23-6-12-27(33)28(34)16-23)20-25-9-8-24(45-25)18-36-37-32(40)31(39)35-15-14-22-7-13-29(43-2)30(17-22)44-3/h4-13,16-18H,14-15,19-20H2,1-3H3,(H,35,39)(H,37,40)/b36-18+. The van der Waals surface area contributed by atoms with Crippen LogP contribution in [-0.2, 0) is 39.1 Å². The molecule has 3 aromatic carbocycles. The minimum atomic E-state index is -3.95. The molecule has 0 radical (unpaired) electrons. The van der Waals surface area contributed by atoms with E-state index in [4.69, 9.17) is 37.1 Å². The van der Waals surface area contributed by atoms with Crippen molar-refractivity contribution in [2.45, 2.75) is 31.3 Å². The molecule has 2 amide bonds. The third kappa shape index (κ3) is 9.10. The number of carbonyl (C=O) groups is 2. The second-order valence-electron chi connectivity index (χ2n) is 10.0. The van der Waals surface area contributed by atoms with E-state index in [-0.39, 0.29) is 30.3 Å². The monoisotopic (exact) mass is 686 g/mol. The third-order valence-electron chi connectivity index (χ3n) is 6.73. The van der Waals surface area contributed by atoms with Crippen molar-refractivity contribution in [1.82, 2.24) is 15.0 Å². The van der Waals surface area contributed by atoms with Crippen LogP contribution in [0.15, 0.2) is 87.2 Å². The van der Waals surface area contributed by atoms with E-state index in [1.807, 2.05) is 13.0 Å². The Balaban J connectivity index is 1.36. The Bertz CT molecular complexity index is 1830. The highest BCUT2D eigenvalue weighted by Crippen LogP contribution is 2.28. The molecule has 46 heavy (non-hydrogen) atoms. The van der Waals surface area contributed by atoms with Gasteiger partial charge in [0.2, 0.25) is 10.0 Å². The fourth-order valence-corrected chi connectivity index (χ4v) is 6.01. The summed E-state index contributed by atoms with van der Waals surface area (Å²) < 4.78 is 44.8. The molecule has 14 heteroatoms. The number of hydrogen-bond donors (Lipinski definition) is 2. The lowest BCUT2D eigenvalue weighted by Gasteiger charge is -2.22. The zero-order valence-corrected chi connectivity index (χ0v) is 27.6. The van der Waals surface area contributed by atoms with Gasteiger partial charge in [0.1, 0.15) is 11.5 Å². The van der Waals surface area contributed by atoms with Crippen LogP contribution < -0.4 is 20.2 Å². The van der Waals surface area contributed by atoms with Gasteiger partial charge in [0.25, 0.3) is 0 Å². The quantitative estimate of drug-likeness (QED) is 0.113. The number of methoxy groups -OCH3 is 2. The first-order chi connectivity index (χ1) is 22.0. The van der Waals surface area contributed by atoms with Gasteiger partial charge in [-0.1, -0.05) is 53.0 Å². The van der Waals surface area contributed by atoms with Crippen LogP contribution in [0, 0.1) is 6.92 Å². The molecule has 0 aliphatic rings. The molecule has 4 rings (SSSR count). The Morgan fingerprint density at radius 3 is 2.28 bits per heavy atom. The maximum atomic E-state index is 13.6. The average Bonchev–Trinajstić information content (AvgIpc) is 3.49. The van der Waals surface area contributed by atoms with Crippen LogP contribution in [0.2, 0.25) is 10.0 Å². The maximum Gasteiger partial charge on any atom is 0.329 e. The Morgan fingerprint density at radius 2 is 1.59 bits per heavy atom. The van der Waals surface area contributed by atoms with Gasteiger partial charge in [0.05, 0.1) is 41.9 Å². The summed E-state index contributed by atoms with van der Waals surface area (Å²) in [6.45, 7) is 1.96. The second-order valence-corrected chi connectivity index (χ2v) is 12.8. The zero-order valence-electron chi connectivity index (χ0n) is 25.3. The Labute approximate surface area is 277 Å². The molecule has 1 heterocycles. The zero-order chi connectivity index (χ0) is 33.3. The van der Waals surface area contributed by atoms with E-state index in [2.05, 4.69) is 15.8 Å². The molecule has 1 aromatic heterocycles. The number of halogens is 2. The first kappa shape index (κ1) is 34.5. The van der Waals surface area contributed by atoms with Gasteiger partial charge in [-0.15, -0.1) is 0 Å². The van der Waals surface area contributed by atoms with Gasteiger partial charge in [0, 0.05) is 13.1 Å². The van der Waals surface area contributed by atoms with Gasteiger partial charge in [0.15, 0.2) is 11.5 Å². The average molecular weight is 688 g/mol. The Hall–Kier alpha value is -4.36. The fraction of sp³-hybridized carbons (Fsp3) is 0.219. The normalized spacial score (nSPS) is 11.5. The van der Waals surface area contributed by atoms with Crippen LogP contribution in [0.3, 0.4) is 0 Å². The number of rotatable bonds is 13. The number of benzene rings is 3. The topological polar surface area (TPSA) is 140 Å². The van der Waals surface area contributed by atoms with Gasteiger partial charge >= 0.3 is 11.8 Å². The maximum absolute atomic E-state index is 13.6. The van der Waals surface area contributed by atoms with Gasteiger partial charge in [-0.2, -0.15) is 9.41 Å². The van der Waals surface area contributed by atoms with Crippen molar-refractivity contribution in [1.29, 1.82) is 0 Å². The number of nitrogens with zero attached hydrogens (tertiary/aromatic N) is 2. The lowest BCUT2D eigenvalue weighted by Crippen LogP contribution is -2.38. The molecule has 0 fully saturated rings. The number of hydrogen-bond acceptors (Lipinski definition) is 8. The number of nitrogens with one attached hydrogen (secondary N) is 2. The van der Waals surface area contributed by atoms with Crippen LogP contribution in [0.5, 0.6) is 11.5 Å². The van der Waals surface area contributed by atoms with Crippen molar-refractivity contribution in [3.8, 4) is 11.5 Å². The van der Waals surface area contributed by atoms with Gasteiger partial charge in [-0.25, -0.2) is 13.8 Å². The summed E-state index contributed by atoms with van der Waals surface area (Å²) in [7, 11) is -0.876. The summed E-state index contributed by atoms with van der Waals surface area (Å²) in [5.74, 6) is -0.136. The molecule has 0 saturated carbocycles. The lowest BCUT2D eigenvalue weighted by atomic mass is 10.1. The minimum absolute atomic E-state index is 0.00556. The van der Waals surface area contributed by atoms with Crippen molar-refractivity contribution in [3.63, 3.8) is 0 Å². The Morgan fingerprint density at radius 1 is 0.870 bits per heavy atom. The molecule has 0 bridgehead atoms. The summed E-state index contributed by atoms with van der Waals surface area (Å²) in [6, 6.07) is 20.0. The highest BCUT2D eigenvalue weighted by Gasteiger charge is 2.26. The molecule has 4 aromatic rings. The molecule has 0 atom stereocenters. The summed E-state index contributed by atoms with van der Waals surface area (Å²) in [6.07, 6.45) is 1.66. The van der Waals surface area contributed by atoms with Crippen molar-refractivity contribution in [2.24, 2.45) is 5.10 Å². The predicted molar refractivity (Wildman–Crippen MR) is 175 cm³/mol. The predicted octanol–water partition coefficient (Wildman–Crippen LogP) is 5.11. The molecular weight excluding hydrogens is 655 g/mol. The molecule has 2 N–H and O–H groups in total. The molecule has 0 spiro atoms.